The Morgan fingerprint density at radius 2 is 0.569 bits per heavy atom. The molecule has 10 aromatic rings. The average molecular weight is 925 g/mol. The predicted octanol–water partition coefficient (Wildman–Crippen LogP) is 18.0. The van der Waals surface area contributed by atoms with Gasteiger partial charge in [-0.3, -0.25) is 0 Å². The molecule has 1 aliphatic carbocycles. The van der Waals surface area contributed by atoms with Gasteiger partial charge in [-0.05, 0) is 115 Å². The molecule has 0 fully saturated rings. The SMILES string of the molecule is CC1(C)c2ccccc2C(C)(C)c2c(N(c3ccc(-c4ccccc4)cc3)c3cccc(-c4ccccc4)c3)c(C#N)c(C#N)c(N(c3ccc(-c4ccccc4)cc3)c3cccc(-c4ccccc4)c3)c21. The minimum Gasteiger partial charge on any atom is -0.309 e. The van der Waals surface area contributed by atoms with Crippen molar-refractivity contribution in [2.75, 3.05) is 9.80 Å². The second kappa shape index (κ2) is 18.6. The van der Waals surface area contributed by atoms with Gasteiger partial charge in [0.15, 0.2) is 0 Å². The van der Waals surface area contributed by atoms with Crippen molar-refractivity contribution in [1.82, 2.24) is 0 Å². The summed E-state index contributed by atoms with van der Waals surface area (Å²) in [7, 11) is 0. The topological polar surface area (TPSA) is 54.1 Å². The lowest BCUT2D eigenvalue weighted by Crippen LogP contribution is -2.40. The first-order chi connectivity index (χ1) is 35.2. The van der Waals surface area contributed by atoms with Crippen LogP contribution in [0.15, 0.2) is 243 Å². The van der Waals surface area contributed by atoms with Gasteiger partial charge in [-0.15, -0.1) is 0 Å². The third-order valence-electron chi connectivity index (χ3n) is 14.5. The highest BCUT2D eigenvalue weighted by Gasteiger charge is 2.48. The lowest BCUT2D eigenvalue weighted by atomic mass is 9.58. The molecule has 0 unspecified atom stereocenters. The van der Waals surface area contributed by atoms with E-state index in [1.54, 1.807) is 0 Å². The quantitative estimate of drug-likeness (QED) is 0.137. The number of benzene rings is 10. The largest absolute Gasteiger partial charge is 0.309 e. The Kier molecular flexibility index (Phi) is 11.7. The van der Waals surface area contributed by atoms with Gasteiger partial charge < -0.3 is 9.80 Å². The Labute approximate surface area is 423 Å². The first-order valence-electron chi connectivity index (χ1n) is 24.5. The van der Waals surface area contributed by atoms with Gasteiger partial charge in [-0.2, -0.15) is 10.5 Å². The first-order valence-corrected chi connectivity index (χ1v) is 24.5. The van der Waals surface area contributed by atoms with Crippen molar-refractivity contribution in [3.63, 3.8) is 0 Å². The molecule has 0 N–H and O–H groups in total. The Balaban J connectivity index is 1.26. The number of nitriles is 2. The molecule has 4 nitrogen and oxygen atoms in total. The minimum absolute atomic E-state index is 0.303. The molecule has 0 amide bonds. The Hall–Kier alpha value is -9.22. The van der Waals surface area contributed by atoms with Crippen molar-refractivity contribution in [2.45, 2.75) is 38.5 Å². The van der Waals surface area contributed by atoms with E-state index in [1.807, 2.05) is 24.3 Å². The zero-order valence-corrected chi connectivity index (χ0v) is 40.9. The summed E-state index contributed by atoms with van der Waals surface area (Å²) in [6.45, 7) is 9.14. The van der Waals surface area contributed by atoms with E-state index >= 15 is 0 Å². The third kappa shape index (κ3) is 7.90. The molecule has 72 heavy (non-hydrogen) atoms. The van der Waals surface area contributed by atoms with Crippen LogP contribution in [-0.2, 0) is 10.8 Å². The van der Waals surface area contributed by atoms with Crippen molar-refractivity contribution in [1.29, 1.82) is 10.5 Å². The fraction of sp³-hybridized carbons (Fsp3) is 0.0882. The van der Waals surface area contributed by atoms with E-state index in [0.717, 1.165) is 78.4 Å². The van der Waals surface area contributed by atoms with Crippen LogP contribution in [0, 0.1) is 22.7 Å². The number of nitrogens with zero attached hydrogens (tertiary/aromatic N) is 4. The second-order valence-corrected chi connectivity index (χ2v) is 19.5. The maximum Gasteiger partial charge on any atom is 0.103 e. The van der Waals surface area contributed by atoms with Gasteiger partial charge >= 0.3 is 0 Å². The molecule has 0 heterocycles. The minimum atomic E-state index is -0.681. The van der Waals surface area contributed by atoms with Crippen LogP contribution >= 0.6 is 0 Å². The summed E-state index contributed by atoms with van der Waals surface area (Å²) in [5, 5.41) is 24.1. The van der Waals surface area contributed by atoms with Gasteiger partial charge in [-0.1, -0.05) is 222 Å². The van der Waals surface area contributed by atoms with E-state index < -0.39 is 10.8 Å². The summed E-state index contributed by atoms with van der Waals surface area (Å²) in [6, 6.07) is 90.1. The Morgan fingerprint density at radius 1 is 0.292 bits per heavy atom. The van der Waals surface area contributed by atoms with Gasteiger partial charge in [0.1, 0.15) is 12.1 Å². The van der Waals surface area contributed by atoms with Crippen LogP contribution in [0.25, 0.3) is 44.5 Å². The molecule has 344 valence electrons. The molecule has 0 saturated carbocycles. The average Bonchev–Trinajstić information content (AvgIpc) is 3.44. The molecule has 4 heteroatoms. The molecular formula is C68H52N4. The zero-order valence-electron chi connectivity index (χ0n) is 40.9. The van der Waals surface area contributed by atoms with Crippen molar-refractivity contribution in [2.24, 2.45) is 0 Å². The lowest BCUT2D eigenvalue weighted by molar-refractivity contribution is 0.521. The highest BCUT2D eigenvalue weighted by Crippen LogP contribution is 2.60. The van der Waals surface area contributed by atoms with Gasteiger partial charge in [0, 0.05) is 33.6 Å². The molecule has 0 radical (unpaired) electrons. The summed E-state index contributed by atoms with van der Waals surface area (Å²) >= 11 is 0. The molecule has 1 aliphatic rings. The predicted molar refractivity (Wildman–Crippen MR) is 298 cm³/mol. The molecule has 0 saturated heterocycles. The number of hydrogen-bond donors (Lipinski definition) is 0. The summed E-state index contributed by atoms with van der Waals surface area (Å²) < 4.78 is 0. The summed E-state index contributed by atoms with van der Waals surface area (Å²) in [5.41, 5.74) is 17.0. The zero-order chi connectivity index (χ0) is 49.4. The van der Waals surface area contributed by atoms with E-state index in [2.05, 4.69) is 268 Å². The van der Waals surface area contributed by atoms with Crippen molar-refractivity contribution < 1.29 is 0 Å². The molecule has 0 atom stereocenters. The summed E-state index contributed by atoms with van der Waals surface area (Å²) in [5.74, 6) is 0. The third-order valence-corrected chi connectivity index (χ3v) is 14.5. The van der Waals surface area contributed by atoms with E-state index in [4.69, 9.17) is 0 Å². The van der Waals surface area contributed by atoms with Gasteiger partial charge in [0.2, 0.25) is 0 Å². The van der Waals surface area contributed by atoms with E-state index in [1.165, 1.54) is 11.1 Å². The fourth-order valence-corrected chi connectivity index (χ4v) is 11.0. The fourth-order valence-electron chi connectivity index (χ4n) is 11.0. The number of fused-ring (bicyclic) bond motifs is 2. The van der Waals surface area contributed by atoms with Crippen LogP contribution < -0.4 is 9.80 Å². The van der Waals surface area contributed by atoms with Gasteiger partial charge in [0.25, 0.3) is 0 Å². The van der Waals surface area contributed by atoms with Gasteiger partial charge in [0.05, 0.1) is 22.5 Å². The summed E-state index contributed by atoms with van der Waals surface area (Å²) in [6.07, 6.45) is 0. The van der Waals surface area contributed by atoms with E-state index in [0.29, 0.717) is 22.5 Å². The van der Waals surface area contributed by atoms with E-state index in [-0.39, 0.29) is 0 Å². The monoisotopic (exact) mass is 924 g/mol. The molecule has 0 aromatic heterocycles. The first kappa shape index (κ1) is 45.2. The van der Waals surface area contributed by atoms with Crippen LogP contribution in [0.4, 0.5) is 34.1 Å². The van der Waals surface area contributed by atoms with Crippen LogP contribution in [0.5, 0.6) is 0 Å². The van der Waals surface area contributed by atoms with Crippen LogP contribution in [-0.4, -0.2) is 0 Å². The van der Waals surface area contributed by atoms with Crippen LogP contribution in [0.2, 0.25) is 0 Å². The maximum atomic E-state index is 12.1. The molecule has 11 rings (SSSR count). The highest BCUT2D eigenvalue weighted by molar-refractivity contribution is 5.97. The normalized spacial score (nSPS) is 12.9. The molecule has 10 aromatic carbocycles. The Morgan fingerprint density at radius 3 is 0.889 bits per heavy atom. The number of rotatable bonds is 10. The van der Waals surface area contributed by atoms with Gasteiger partial charge in [-0.25, -0.2) is 0 Å². The second-order valence-electron chi connectivity index (χ2n) is 19.5. The summed E-state index contributed by atoms with van der Waals surface area (Å²) in [4.78, 5) is 4.48. The highest BCUT2D eigenvalue weighted by atomic mass is 15.2. The molecular weight excluding hydrogens is 873 g/mol. The van der Waals surface area contributed by atoms with E-state index in [9.17, 15) is 10.5 Å². The van der Waals surface area contributed by atoms with Crippen molar-refractivity contribution >= 4 is 34.1 Å². The number of hydrogen-bond acceptors (Lipinski definition) is 4. The van der Waals surface area contributed by atoms with Crippen molar-refractivity contribution in [3.8, 4) is 56.6 Å². The number of anilines is 6. The smallest absolute Gasteiger partial charge is 0.103 e. The molecule has 0 bridgehead atoms. The Bertz CT molecular complexity index is 3430. The standard InChI is InChI=1S/C68H52N4/c1-67(2)61-33-17-18-34-62(61)68(3,4)64-63(67)65(71(55-39-35-51(36-40-55)47-21-9-5-10-22-47)57-31-19-29-53(43-57)49-25-13-7-14-26-49)59(45-69)60(46-70)66(64)72(56-41-37-52(38-42-56)48-23-11-6-12-24-48)58-32-20-30-54(44-58)50-27-15-8-16-28-50/h5-44H,1-4H3. The molecule has 0 aliphatic heterocycles. The molecule has 0 spiro atoms. The maximum absolute atomic E-state index is 12.1. The van der Waals surface area contributed by atoms with Crippen molar-refractivity contribution in [3.05, 3.63) is 276 Å². The van der Waals surface area contributed by atoms with Crippen LogP contribution in [0.3, 0.4) is 0 Å². The lowest BCUT2D eigenvalue weighted by Gasteiger charge is -2.48. The van der Waals surface area contributed by atoms with Crippen LogP contribution in [0.1, 0.15) is 61.1 Å².